The summed E-state index contributed by atoms with van der Waals surface area (Å²) in [5.74, 6) is -0.383. The van der Waals surface area contributed by atoms with Gasteiger partial charge in [0.1, 0.15) is 5.82 Å². The Morgan fingerprint density at radius 3 is 2.76 bits per heavy atom. The van der Waals surface area contributed by atoms with E-state index in [1.807, 2.05) is 30.3 Å². The standard InChI is InChI=1S/C27H25ClFN3S/c1-17-7-5-6-14-32(17)31-18(2)19-10-13-26-24(15-19)30-27(21-12-11-20(28)16-23(21)29)22-8-3-4-9-25(22)33-26/h3-4,8-13,15-17,31H,2,5-7,14H2,1H3/t17-/m1/s1. The van der Waals surface area contributed by atoms with Gasteiger partial charge in [0.05, 0.1) is 11.4 Å². The molecule has 2 aliphatic heterocycles. The predicted octanol–water partition coefficient (Wildman–Crippen LogP) is 7.46. The average Bonchev–Trinajstić information content (AvgIpc) is 2.97. The summed E-state index contributed by atoms with van der Waals surface area (Å²) in [4.78, 5) is 7.04. The van der Waals surface area contributed by atoms with Gasteiger partial charge in [0.15, 0.2) is 0 Å². The molecule has 3 nitrogen and oxygen atoms in total. The van der Waals surface area contributed by atoms with Crippen LogP contribution in [-0.4, -0.2) is 23.3 Å². The van der Waals surface area contributed by atoms with Crippen molar-refractivity contribution in [3.63, 3.8) is 0 Å². The Bertz CT molecular complexity index is 1260. The minimum absolute atomic E-state index is 0.366. The lowest BCUT2D eigenvalue weighted by molar-refractivity contribution is 0.125. The maximum atomic E-state index is 14.9. The first-order valence-electron chi connectivity index (χ1n) is 11.2. The first-order chi connectivity index (χ1) is 16.0. The van der Waals surface area contributed by atoms with Crippen molar-refractivity contribution in [2.24, 2.45) is 4.99 Å². The molecule has 0 radical (unpaired) electrons. The van der Waals surface area contributed by atoms with Gasteiger partial charge in [-0.15, -0.1) is 0 Å². The molecular weight excluding hydrogens is 453 g/mol. The van der Waals surface area contributed by atoms with Crippen LogP contribution in [0, 0.1) is 5.82 Å². The molecule has 6 heteroatoms. The largest absolute Gasteiger partial charge is 0.319 e. The van der Waals surface area contributed by atoms with Crippen molar-refractivity contribution < 1.29 is 4.39 Å². The predicted molar refractivity (Wildman–Crippen MR) is 136 cm³/mol. The minimum Gasteiger partial charge on any atom is -0.319 e. The Morgan fingerprint density at radius 2 is 1.94 bits per heavy atom. The molecule has 33 heavy (non-hydrogen) atoms. The molecule has 2 aliphatic rings. The summed E-state index contributed by atoms with van der Waals surface area (Å²) >= 11 is 7.65. The van der Waals surface area contributed by atoms with Crippen LogP contribution in [0.4, 0.5) is 10.1 Å². The molecule has 0 bridgehead atoms. The number of hydrogen-bond donors (Lipinski definition) is 1. The molecule has 2 heterocycles. The van der Waals surface area contributed by atoms with E-state index in [0.29, 0.717) is 22.3 Å². The minimum atomic E-state index is -0.383. The van der Waals surface area contributed by atoms with Crippen molar-refractivity contribution in [3.05, 3.63) is 94.8 Å². The molecule has 0 saturated carbocycles. The molecule has 0 amide bonds. The molecule has 0 aromatic heterocycles. The zero-order valence-electron chi connectivity index (χ0n) is 18.4. The second-order valence-corrected chi connectivity index (χ2v) is 10.0. The van der Waals surface area contributed by atoms with Gasteiger partial charge in [-0.25, -0.2) is 14.4 Å². The van der Waals surface area contributed by atoms with Crippen molar-refractivity contribution in [1.82, 2.24) is 10.4 Å². The highest BCUT2D eigenvalue weighted by molar-refractivity contribution is 7.99. The quantitative estimate of drug-likeness (QED) is 0.330. The molecule has 1 saturated heterocycles. The second kappa shape index (κ2) is 9.34. The van der Waals surface area contributed by atoms with Gasteiger partial charge < -0.3 is 5.43 Å². The SMILES string of the molecule is C=C(NN1CCCC[C@H]1C)c1ccc2c(c1)N=C(c1ccc(Cl)cc1F)c1ccccc1S2. The summed E-state index contributed by atoms with van der Waals surface area (Å²) < 4.78 is 14.9. The average molecular weight is 478 g/mol. The van der Waals surface area contributed by atoms with Gasteiger partial charge >= 0.3 is 0 Å². The number of halogens is 2. The van der Waals surface area contributed by atoms with Crippen molar-refractivity contribution in [3.8, 4) is 0 Å². The number of nitrogens with one attached hydrogen (secondary N) is 1. The van der Waals surface area contributed by atoms with E-state index < -0.39 is 0 Å². The number of hydrogen-bond acceptors (Lipinski definition) is 4. The molecule has 1 N–H and O–H groups in total. The third-order valence-corrected chi connectivity index (χ3v) is 7.55. The van der Waals surface area contributed by atoms with Crippen LogP contribution in [0.5, 0.6) is 0 Å². The molecule has 1 fully saturated rings. The van der Waals surface area contributed by atoms with Crippen LogP contribution in [0.15, 0.2) is 82.0 Å². The molecule has 5 rings (SSSR count). The molecule has 168 valence electrons. The van der Waals surface area contributed by atoms with E-state index >= 15 is 0 Å². The molecule has 0 unspecified atom stereocenters. The number of nitrogens with zero attached hydrogens (tertiary/aromatic N) is 2. The van der Waals surface area contributed by atoms with Gasteiger partial charge in [0.25, 0.3) is 0 Å². The van der Waals surface area contributed by atoms with Gasteiger partial charge in [0, 0.05) is 49.8 Å². The molecule has 1 atom stereocenters. The first kappa shape index (κ1) is 22.2. The van der Waals surface area contributed by atoms with Gasteiger partial charge in [-0.3, -0.25) is 0 Å². The maximum absolute atomic E-state index is 14.9. The fraction of sp³-hybridized carbons (Fsp3) is 0.222. The van der Waals surface area contributed by atoms with Gasteiger partial charge in [-0.2, -0.15) is 0 Å². The number of fused-ring (bicyclic) bond motifs is 2. The number of piperidine rings is 1. The van der Waals surface area contributed by atoms with Crippen LogP contribution in [0.1, 0.15) is 42.9 Å². The zero-order chi connectivity index (χ0) is 22.9. The van der Waals surface area contributed by atoms with Crippen LogP contribution in [-0.2, 0) is 0 Å². The van der Waals surface area contributed by atoms with Crippen LogP contribution in [0.2, 0.25) is 5.02 Å². The third kappa shape index (κ3) is 4.58. The van der Waals surface area contributed by atoms with E-state index in [1.54, 1.807) is 23.9 Å². The van der Waals surface area contributed by atoms with Gasteiger partial charge in [0.2, 0.25) is 0 Å². The lowest BCUT2D eigenvalue weighted by atomic mass is 10.0. The normalized spacial score (nSPS) is 18.0. The van der Waals surface area contributed by atoms with Gasteiger partial charge in [-0.05, 0) is 56.2 Å². The fourth-order valence-corrected chi connectivity index (χ4v) is 5.48. The van der Waals surface area contributed by atoms with E-state index in [4.69, 9.17) is 16.6 Å². The molecule has 3 aromatic rings. The van der Waals surface area contributed by atoms with Crippen molar-refractivity contribution in [2.45, 2.75) is 42.0 Å². The Kier molecular flexibility index (Phi) is 6.28. The molecule has 0 aliphatic carbocycles. The lowest BCUT2D eigenvalue weighted by Crippen LogP contribution is -2.46. The number of aliphatic imine (C=N–C) groups is 1. The highest BCUT2D eigenvalue weighted by atomic mass is 35.5. The lowest BCUT2D eigenvalue weighted by Gasteiger charge is -2.34. The Balaban J connectivity index is 1.55. The van der Waals surface area contributed by atoms with Crippen LogP contribution in [0.25, 0.3) is 5.70 Å². The molecule has 3 aromatic carbocycles. The van der Waals surface area contributed by atoms with Crippen LogP contribution in [0.3, 0.4) is 0 Å². The van der Waals surface area contributed by atoms with Crippen molar-refractivity contribution in [1.29, 1.82) is 0 Å². The highest BCUT2D eigenvalue weighted by Gasteiger charge is 2.22. The van der Waals surface area contributed by atoms with E-state index in [1.165, 1.54) is 25.3 Å². The topological polar surface area (TPSA) is 27.6 Å². The zero-order valence-corrected chi connectivity index (χ0v) is 20.0. The Morgan fingerprint density at radius 1 is 1.09 bits per heavy atom. The molecular formula is C27H25ClFN3S. The third-order valence-electron chi connectivity index (χ3n) is 6.17. The summed E-state index contributed by atoms with van der Waals surface area (Å²) in [5, 5.41) is 2.63. The maximum Gasteiger partial charge on any atom is 0.134 e. The van der Waals surface area contributed by atoms with E-state index in [-0.39, 0.29) is 5.82 Å². The fourth-order valence-electron chi connectivity index (χ4n) is 4.32. The number of hydrazine groups is 1. The Hall–Kier alpha value is -2.60. The molecule has 0 spiro atoms. The number of benzene rings is 3. The smallest absolute Gasteiger partial charge is 0.134 e. The monoisotopic (exact) mass is 477 g/mol. The first-order valence-corrected chi connectivity index (χ1v) is 12.4. The summed E-state index contributed by atoms with van der Waals surface area (Å²) in [7, 11) is 0. The summed E-state index contributed by atoms with van der Waals surface area (Å²) in [6.07, 6.45) is 3.63. The van der Waals surface area contributed by atoms with Crippen molar-refractivity contribution in [2.75, 3.05) is 6.54 Å². The van der Waals surface area contributed by atoms with E-state index in [2.05, 4.69) is 36.1 Å². The summed E-state index contributed by atoms with van der Waals surface area (Å²) in [6, 6.07) is 19.4. The van der Waals surface area contributed by atoms with Crippen LogP contribution >= 0.6 is 23.4 Å². The van der Waals surface area contributed by atoms with Crippen LogP contribution < -0.4 is 5.43 Å². The number of rotatable bonds is 4. The van der Waals surface area contributed by atoms with E-state index in [9.17, 15) is 4.39 Å². The van der Waals surface area contributed by atoms with Crippen molar-refractivity contribution >= 4 is 40.5 Å². The highest BCUT2D eigenvalue weighted by Crippen LogP contribution is 2.42. The summed E-state index contributed by atoms with van der Waals surface area (Å²) in [5.41, 5.74) is 8.04. The Labute approximate surface area is 203 Å². The van der Waals surface area contributed by atoms with Gasteiger partial charge in [-0.1, -0.05) is 60.6 Å². The van der Waals surface area contributed by atoms with E-state index in [0.717, 1.165) is 38.8 Å². The summed E-state index contributed by atoms with van der Waals surface area (Å²) in [6.45, 7) is 7.53. The second-order valence-electron chi connectivity index (χ2n) is 8.49.